The second-order valence-corrected chi connectivity index (χ2v) is 2.13. The van der Waals surface area contributed by atoms with Gasteiger partial charge in [0.2, 0.25) is 0 Å². The molecule has 0 radical (unpaired) electrons. The zero-order chi connectivity index (χ0) is 5.86. The Morgan fingerprint density at radius 2 is 1.20 bits per heavy atom. The van der Waals surface area contributed by atoms with E-state index in [1.165, 1.54) is 17.6 Å². The van der Waals surface area contributed by atoms with Gasteiger partial charge >= 0.3 is 0 Å². The van der Waals surface area contributed by atoms with Gasteiger partial charge in [0.15, 0.2) is 0 Å². The molecule has 0 aromatic carbocycles. The van der Waals surface area contributed by atoms with Gasteiger partial charge in [-0.2, -0.15) is 0 Å². The van der Waals surface area contributed by atoms with Crippen LogP contribution in [-0.2, 0) is 0 Å². The maximum absolute atomic E-state index is 2.18. The molecule has 66 valence electrons. The van der Waals surface area contributed by atoms with E-state index >= 15 is 0 Å². The lowest BCUT2D eigenvalue weighted by Crippen LogP contribution is -1.73. The largest absolute Gasteiger partial charge is 0.0776 e. The first-order chi connectivity index (χ1) is 3.18. The molecule has 0 aliphatic rings. The highest BCUT2D eigenvalue weighted by Gasteiger charge is 1.82. The van der Waals surface area contributed by atoms with Gasteiger partial charge in [-0.3, -0.25) is 0 Å². The van der Waals surface area contributed by atoms with Crippen molar-refractivity contribution in [2.24, 2.45) is 0 Å². The molecular formula is C10H26. The van der Waals surface area contributed by atoms with Gasteiger partial charge < -0.3 is 0 Å². The first-order valence-corrected chi connectivity index (χ1v) is 2.81. The van der Waals surface area contributed by atoms with Crippen molar-refractivity contribution in [2.75, 3.05) is 0 Å². The third-order valence-electron chi connectivity index (χ3n) is 1.38. The van der Waals surface area contributed by atoms with Gasteiger partial charge in [-0.15, -0.1) is 0 Å². The fourth-order valence-corrected chi connectivity index (χ4v) is 0.354. The summed E-state index contributed by atoms with van der Waals surface area (Å²) in [5, 5.41) is 0. The Balaban J connectivity index is -0.0000000600. The Bertz CT molecular complexity index is 74.0. The molecular weight excluding hydrogens is 120 g/mol. The van der Waals surface area contributed by atoms with Crippen LogP contribution in [0.3, 0.4) is 0 Å². The Morgan fingerprint density at radius 3 is 1.20 bits per heavy atom. The van der Waals surface area contributed by atoms with E-state index in [1.807, 2.05) is 0 Å². The highest BCUT2D eigenvalue weighted by atomic mass is 13.9. The summed E-state index contributed by atoms with van der Waals surface area (Å²) in [5.74, 6) is 0. The molecule has 0 amide bonds. The van der Waals surface area contributed by atoms with Crippen LogP contribution in [0.5, 0.6) is 0 Å². The van der Waals surface area contributed by atoms with Crippen LogP contribution in [0.1, 0.15) is 56.4 Å². The molecule has 0 N–H and O–H groups in total. The second-order valence-electron chi connectivity index (χ2n) is 2.13. The molecule has 0 nitrogen and oxygen atoms in total. The first kappa shape index (κ1) is 22.6. The van der Waals surface area contributed by atoms with Gasteiger partial charge in [-0.1, -0.05) is 40.3 Å². The van der Waals surface area contributed by atoms with Gasteiger partial charge in [0.25, 0.3) is 0 Å². The zero-order valence-corrected chi connectivity index (χ0v) is 5.71. The van der Waals surface area contributed by atoms with Crippen LogP contribution in [0.2, 0.25) is 0 Å². The third-order valence-corrected chi connectivity index (χ3v) is 1.38. The van der Waals surface area contributed by atoms with Crippen molar-refractivity contribution < 1.29 is 0 Å². The monoisotopic (exact) mass is 146 g/mol. The lowest BCUT2D eigenvalue weighted by Gasteiger charge is -1.94. The molecule has 0 aliphatic heterocycles. The molecule has 0 atom stereocenters. The molecule has 0 heterocycles. The molecule has 0 fully saturated rings. The van der Waals surface area contributed by atoms with Gasteiger partial charge in [0.05, 0.1) is 0 Å². The smallest absolute Gasteiger partial charge is 0.0349 e. The minimum absolute atomic E-state index is 0. The molecule has 10 heavy (non-hydrogen) atoms. The van der Waals surface area contributed by atoms with Crippen molar-refractivity contribution in [3.63, 3.8) is 0 Å². The van der Waals surface area contributed by atoms with Gasteiger partial charge in [-0.05, 0) is 27.2 Å². The van der Waals surface area contributed by atoms with Crippen molar-refractivity contribution >= 4 is 0 Å². The molecule has 0 aromatic heterocycles. The number of allylic oxidation sites excluding steroid dienone is 2. The summed E-state index contributed by atoms with van der Waals surface area (Å²) in [6.45, 7) is 8.66. The van der Waals surface area contributed by atoms with E-state index in [1.54, 1.807) is 0 Å². The van der Waals surface area contributed by atoms with Gasteiger partial charge in [0.1, 0.15) is 0 Å². The van der Waals surface area contributed by atoms with Crippen molar-refractivity contribution in [2.45, 2.75) is 56.4 Å². The summed E-state index contributed by atoms with van der Waals surface area (Å²) in [4.78, 5) is 0. The average molecular weight is 146 g/mol. The maximum Gasteiger partial charge on any atom is -0.0349 e. The highest BCUT2D eigenvalue weighted by molar-refractivity contribution is 5.05. The molecule has 0 aliphatic carbocycles. The molecule has 0 heteroatoms. The lowest BCUT2D eigenvalue weighted by atomic mass is 10.1. The highest BCUT2D eigenvalue weighted by Crippen LogP contribution is 2.04. The number of rotatable bonds is 1. The number of hydrogen-bond acceptors (Lipinski definition) is 0. The summed E-state index contributed by atoms with van der Waals surface area (Å²) >= 11 is 0. The predicted molar refractivity (Wildman–Crippen MR) is 54.5 cm³/mol. The van der Waals surface area contributed by atoms with E-state index in [-0.39, 0.29) is 22.3 Å². The quantitative estimate of drug-likeness (QED) is 0.472. The van der Waals surface area contributed by atoms with Crippen LogP contribution in [0, 0.1) is 0 Å². The minimum Gasteiger partial charge on any atom is -0.0776 e. The second kappa shape index (κ2) is 11.5. The van der Waals surface area contributed by atoms with E-state index in [0.29, 0.717) is 0 Å². The minimum atomic E-state index is 0. The standard InChI is InChI=1S/C7H14.3CH4/c1-5-7(4)6(2)3;;;/h5H2,1-4H3;3*1H4. The lowest BCUT2D eigenvalue weighted by molar-refractivity contribution is 1.05. The molecule has 0 aromatic rings. The fraction of sp³-hybridized carbons (Fsp3) is 0.800. The van der Waals surface area contributed by atoms with E-state index in [9.17, 15) is 0 Å². The average Bonchev–Trinajstić information content (AvgIpc) is 1.65. The Hall–Kier alpha value is -0.260. The van der Waals surface area contributed by atoms with Crippen molar-refractivity contribution in [1.29, 1.82) is 0 Å². The third kappa shape index (κ3) is 10.7. The normalized spacial score (nSPS) is 6.00. The summed E-state index contributed by atoms with van der Waals surface area (Å²) < 4.78 is 0. The van der Waals surface area contributed by atoms with E-state index in [0.717, 1.165) is 0 Å². The summed E-state index contributed by atoms with van der Waals surface area (Å²) in [6, 6.07) is 0. The summed E-state index contributed by atoms with van der Waals surface area (Å²) in [6.07, 6.45) is 1.20. The fourth-order valence-electron chi connectivity index (χ4n) is 0.354. The van der Waals surface area contributed by atoms with Gasteiger partial charge in [-0.25, -0.2) is 0 Å². The summed E-state index contributed by atoms with van der Waals surface area (Å²) in [5.41, 5.74) is 2.97. The van der Waals surface area contributed by atoms with Crippen molar-refractivity contribution in [3.8, 4) is 0 Å². The molecule has 0 saturated heterocycles. The molecule has 0 bridgehead atoms. The molecule has 0 rings (SSSR count). The predicted octanol–water partition coefficient (Wildman–Crippen LogP) is 4.66. The molecule has 0 saturated carbocycles. The van der Waals surface area contributed by atoms with Crippen LogP contribution in [0.15, 0.2) is 11.1 Å². The first-order valence-electron chi connectivity index (χ1n) is 2.81. The van der Waals surface area contributed by atoms with E-state index < -0.39 is 0 Å². The Labute approximate surface area is 68.4 Å². The van der Waals surface area contributed by atoms with E-state index in [2.05, 4.69) is 27.7 Å². The van der Waals surface area contributed by atoms with Crippen molar-refractivity contribution in [3.05, 3.63) is 11.1 Å². The van der Waals surface area contributed by atoms with Crippen LogP contribution >= 0.6 is 0 Å². The zero-order valence-electron chi connectivity index (χ0n) is 5.71. The van der Waals surface area contributed by atoms with Crippen LogP contribution in [0.25, 0.3) is 0 Å². The SMILES string of the molecule is C.C.C.CCC(C)=C(C)C. The topological polar surface area (TPSA) is 0 Å². The van der Waals surface area contributed by atoms with Crippen LogP contribution < -0.4 is 0 Å². The van der Waals surface area contributed by atoms with Gasteiger partial charge in [0, 0.05) is 0 Å². The Kier molecular flexibility index (Phi) is 26.0. The molecule has 0 unspecified atom stereocenters. The van der Waals surface area contributed by atoms with E-state index in [4.69, 9.17) is 0 Å². The number of hydrogen-bond donors (Lipinski definition) is 0. The van der Waals surface area contributed by atoms with Crippen LogP contribution in [-0.4, -0.2) is 0 Å². The Morgan fingerprint density at radius 1 is 0.900 bits per heavy atom. The maximum atomic E-state index is 2.18. The summed E-state index contributed by atoms with van der Waals surface area (Å²) in [7, 11) is 0. The molecule has 0 spiro atoms. The van der Waals surface area contributed by atoms with Crippen molar-refractivity contribution in [1.82, 2.24) is 0 Å². The van der Waals surface area contributed by atoms with Crippen LogP contribution in [0.4, 0.5) is 0 Å².